The average Bonchev–Trinajstić information content (AvgIpc) is 2.33. The Labute approximate surface area is 103 Å². The smallest absolute Gasteiger partial charge is 0.316 e. The van der Waals surface area contributed by atoms with Crippen LogP contribution in [0.3, 0.4) is 0 Å². The van der Waals surface area contributed by atoms with Crippen molar-refractivity contribution in [3.05, 3.63) is 47.0 Å². The largest absolute Gasteiger partial charge is 0.351 e. The molecule has 18 heavy (non-hydrogen) atoms. The Morgan fingerprint density at radius 2 is 2.17 bits per heavy atom. The van der Waals surface area contributed by atoms with Crippen LogP contribution in [0.4, 0.5) is 10.5 Å². The van der Waals surface area contributed by atoms with Gasteiger partial charge in [-0.05, 0) is 18.2 Å². The molecule has 0 saturated heterocycles. The number of amides is 2. The van der Waals surface area contributed by atoms with Gasteiger partial charge in [-0.15, -0.1) is 0 Å². The normalized spacial score (nSPS) is 10.1. The minimum absolute atomic E-state index is 0.103. The number of primary amides is 1. The van der Waals surface area contributed by atoms with Crippen molar-refractivity contribution in [1.29, 1.82) is 0 Å². The molecule has 0 aromatic carbocycles. The predicted molar refractivity (Wildman–Crippen MR) is 68.1 cm³/mol. The highest BCUT2D eigenvalue weighted by molar-refractivity contribution is 5.87. The van der Waals surface area contributed by atoms with Crippen molar-refractivity contribution >= 4 is 11.7 Å². The van der Waals surface area contributed by atoms with Crippen LogP contribution in [0.1, 0.15) is 0 Å². The summed E-state index contributed by atoms with van der Waals surface area (Å²) in [4.78, 5) is 26.3. The van der Waals surface area contributed by atoms with Crippen LogP contribution in [0, 0.1) is 0 Å². The third-order valence-corrected chi connectivity index (χ3v) is 2.43. The summed E-state index contributed by atoms with van der Waals surface area (Å²) < 4.78 is 1.48. The maximum absolute atomic E-state index is 11.5. The van der Waals surface area contributed by atoms with Gasteiger partial charge in [0.05, 0.1) is 17.6 Å². The Kier molecular flexibility index (Phi) is 3.09. The molecule has 6 heteroatoms. The highest BCUT2D eigenvalue weighted by atomic mass is 16.2. The fourth-order valence-electron chi connectivity index (χ4n) is 1.49. The van der Waals surface area contributed by atoms with Gasteiger partial charge in [0.1, 0.15) is 0 Å². The van der Waals surface area contributed by atoms with Gasteiger partial charge in [-0.25, -0.2) is 4.79 Å². The fraction of sp³-hybridized carbons (Fsp3) is 0.0833. The van der Waals surface area contributed by atoms with E-state index in [0.29, 0.717) is 11.4 Å². The van der Waals surface area contributed by atoms with Crippen molar-refractivity contribution in [2.45, 2.75) is 0 Å². The lowest BCUT2D eigenvalue weighted by molar-refractivity contribution is 0.259. The molecule has 0 aliphatic heterocycles. The summed E-state index contributed by atoms with van der Waals surface area (Å²) in [6.07, 6.45) is 3.16. The van der Waals surface area contributed by atoms with Crippen LogP contribution < -0.4 is 16.6 Å². The van der Waals surface area contributed by atoms with E-state index in [1.807, 2.05) is 0 Å². The lowest BCUT2D eigenvalue weighted by Gasteiger charge is -2.04. The average molecular weight is 244 g/mol. The Morgan fingerprint density at radius 3 is 2.72 bits per heavy atom. The number of anilines is 1. The minimum atomic E-state index is -0.641. The van der Waals surface area contributed by atoms with E-state index in [-0.39, 0.29) is 5.56 Å². The van der Waals surface area contributed by atoms with Crippen LogP contribution >= 0.6 is 0 Å². The minimum Gasteiger partial charge on any atom is -0.351 e. The predicted octanol–water partition coefficient (Wildman–Crippen LogP) is 0.938. The van der Waals surface area contributed by atoms with Crippen LogP contribution in [-0.2, 0) is 7.05 Å². The Morgan fingerprint density at radius 1 is 1.39 bits per heavy atom. The van der Waals surface area contributed by atoms with Crippen LogP contribution in [0.25, 0.3) is 11.3 Å². The van der Waals surface area contributed by atoms with E-state index in [1.165, 1.54) is 16.8 Å². The third-order valence-electron chi connectivity index (χ3n) is 2.43. The molecule has 0 fully saturated rings. The number of hydrogen-bond donors (Lipinski definition) is 2. The van der Waals surface area contributed by atoms with Gasteiger partial charge in [0, 0.05) is 24.9 Å². The van der Waals surface area contributed by atoms with E-state index >= 15 is 0 Å². The lowest BCUT2D eigenvalue weighted by Crippen LogP contribution is -2.19. The zero-order valence-electron chi connectivity index (χ0n) is 9.75. The number of aromatic nitrogens is 2. The zero-order chi connectivity index (χ0) is 13.1. The molecule has 0 unspecified atom stereocenters. The van der Waals surface area contributed by atoms with E-state index in [1.54, 1.807) is 31.4 Å². The SMILES string of the molecule is Cn1ccc(-c2ccc(NC(N)=O)cn2)cc1=O. The molecule has 6 nitrogen and oxygen atoms in total. The van der Waals surface area contributed by atoms with Gasteiger partial charge in [0.2, 0.25) is 0 Å². The summed E-state index contributed by atoms with van der Waals surface area (Å²) in [6.45, 7) is 0. The van der Waals surface area contributed by atoms with Gasteiger partial charge in [0.15, 0.2) is 0 Å². The molecule has 0 aliphatic rings. The molecule has 0 saturated carbocycles. The first kappa shape index (κ1) is 11.8. The number of nitrogens with zero attached hydrogens (tertiary/aromatic N) is 2. The van der Waals surface area contributed by atoms with Crippen LogP contribution in [0.15, 0.2) is 41.5 Å². The fourth-order valence-corrected chi connectivity index (χ4v) is 1.49. The monoisotopic (exact) mass is 244 g/mol. The summed E-state index contributed by atoms with van der Waals surface area (Å²) in [5.74, 6) is 0. The van der Waals surface area contributed by atoms with E-state index in [9.17, 15) is 9.59 Å². The molecule has 2 rings (SSSR count). The van der Waals surface area contributed by atoms with Crippen molar-refractivity contribution in [3.8, 4) is 11.3 Å². The Hall–Kier alpha value is -2.63. The molecule has 0 bridgehead atoms. The van der Waals surface area contributed by atoms with E-state index in [4.69, 9.17) is 5.73 Å². The zero-order valence-corrected chi connectivity index (χ0v) is 9.75. The molecule has 2 aromatic heterocycles. The topological polar surface area (TPSA) is 90.0 Å². The first-order valence-electron chi connectivity index (χ1n) is 5.26. The number of urea groups is 1. The lowest BCUT2D eigenvalue weighted by atomic mass is 10.2. The van der Waals surface area contributed by atoms with E-state index in [0.717, 1.165) is 5.56 Å². The van der Waals surface area contributed by atoms with Crippen LogP contribution in [0.2, 0.25) is 0 Å². The maximum Gasteiger partial charge on any atom is 0.316 e. The number of carbonyl (C=O) groups excluding carboxylic acids is 1. The molecule has 92 valence electrons. The first-order chi connectivity index (χ1) is 8.56. The number of nitrogens with two attached hydrogens (primary N) is 1. The number of nitrogens with one attached hydrogen (secondary N) is 1. The third kappa shape index (κ3) is 2.54. The summed E-state index contributed by atoms with van der Waals surface area (Å²) in [6, 6.07) is 6.04. The quantitative estimate of drug-likeness (QED) is 0.823. The molecule has 0 radical (unpaired) electrons. The van der Waals surface area contributed by atoms with Gasteiger partial charge < -0.3 is 15.6 Å². The van der Waals surface area contributed by atoms with Crippen molar-refractivity contribution in [2.75, 3.05) is 5.32 Å². The van der Waals surface area contributed by atoms with Crippen LogP contribution in [0.5, 0.6) is 0 Å². The number of pyridine rings is 2. The number of aryl methyl sites for hydroxylation is 1. The molecular weight excluding hydrogens is 232 g/mol. The van der Waals surface area contributed by atoms with Gasteiger partial charge in [0.25, 0.3) is 5.56 Å². The molecule has 2 amide bonds. The number of rotatable bonds is 2. The van der Waals surface area contributed by atoms with Crippen molar-refractivity contribution in [2.24, 2.45) is 12.8 Å². The van der Waals surface area contributed by atoms with Gasteiger partial charge >= 0.3 is 6.03 Å². The second-order valence-corrected chi connectivity index (χ2v) is 3.79. The summed E-state index contributed by atoms with van der Waals surface area (Å²) in [7, 11) is 1.68. The molecule has 0 atom stereocenters. The molecule has 0 spiro atoms. The summed E-state index contributed by atoms with van der Waals surface area (Å²) in [5, 5.41) is 2.41. The summed E-state index contributed by atoms with van der Waals surface area (Å²) >= 11 is 0. The van der Waals surface area contributed by atoms with Crippen molar-refractivity contribution < 1.29 is 4.79 Å². The van der Waals surface area contributed by atoms with Gasteiger partial charge in [-0.3, -0.25) is 9.78 Å². The molecule has 0 aliphatic carbocycles. The number of hydrogen-bond acceptors (Lipinski definition) is 3. The van der Waals surface area contributed by atoms with E-state index in [2.05, 4.69) is 10.3 Å². The van der Waals surface area contributed by atoms with Crippen molar-refractivity contribution in [3.63, 3.8) is 0 Å². The van der Waals surface area contributed by atoms with Gasteiger partial charge in [-0.1, -0.05) is 0 Å². The molecular formula is C12H12N4O2. The molecule has 3 N–H and O–H groups in total. The molecule has 2 heterocycles. The van der Waals surface area contributed by atoms with Gasteiger partial charge in [-0.2, -0.15) is 0 Å². The Bertz CT molecular complexity index is 631. The standard InChI is InChI=1S/C12H12N4O2/c1-16-5-4-8(6-11(16)17)10-3-2-9(7-14-10)15-12(13)18/h2-7H,1H3,(H3,13,15,18). The Balaban J connectivity index is 2.31. The summed E-state index contributed by atoms with van der Waals surface area (Å²) in [5.41, 5.74) is 6.78. The van der Waals surface area contributed by atoms with E-state index < -0.39 is 6.03 Å². The second kappa shape index (κ2) is 4.70. The van der Waals surface area contributed by atoms with Crippen molar-refractivity contribution in [1.82, 2.24) is 9.55 Å². The number of carbonyl (C=O) groups is 1. The molecule has 2 aromatic rings. The first-order valence-corrected chi connectivity index (χ1v) is 5.26. The van der Waals surface area contributed by atoms with Crippen LogP contribution in [-0.4, -0.2) is 15.6 Å². The highest BCUT2D eigenvalue weighted by Crippen LogP contribution is 2.16. The second-order valence-electron chi connectivity index (χ2n) is 3.79. The highest BCUT2D eigenvalue weighted by Gasteiger charge is 2.02. The maximum atomic E-state index is 11.5.